The Morgan fingerprint density at radius 1 is 1.10 bits per heavy atom. The summed E-state index contributed by atoms with van der Waals surface area (Å²) >= 11 is 1.27. The highest BCUT2D eigenvalue weighted by Crippen LogP contribution is 2.30. The highest BCUT2D eigenvalue weighted by atomic mass is 32.1. The molecule has 5 nitrogen and oxygen atoms in total. The van der Waals surface area contributed by atoms with E-state index in [1.165, 1.54) is 53.8 Å². The molecule has 0 saturated heterocycles. The van der Waals surface area contributed by atoms with Gasteiger partial charge >= 0.3 is 6.36 Å². The van der Waals surface area contributed by atoms with Gasteiger partial charge in [0, 0.05) is 5.38 Å². The summed E-state index contributed by atoms with van der Waals surface area (Å²) in [7, 11) is 0. The molecule has 152 valence electrons. The predicted molar refractivity (Wildman–Crippen MR) is 98.3 cm³/mol. The number of hydrogen-bond donors (Lipinski definition) is 1. The Balaban J connectivity index is 1.56. The van der Waals surface area contributed by atoms with E-state index in [2.05, 4.69) is 15.0 Å². The SMILES string of the molecule is O=C(Cc1csc(COc2ccc(F)cc2)n1)Nc1ccccc1OC(F)(F)F. The van der Waals surface area contributed by atoms with E-state index in [0.717, 1.165) is 6.07 Å². The second-order valence-electron chi connectivity index (χ2n) is 5.74. The van der Waals surface area contributed by atoms with Gasteiger partial charge in [0.1, 0.15) is 23.2 Å². The van der Waals surface area contributed by atoms with Gasteiger partial charge in [-0.2, -0.15) is 0 Å². The molecule has 0 atom stereocenters. The summed E-state index contributed by atoms with van der Waals surface area (Å²) < 4.78 is 59.6. The van der Waals surface area contributed by atoms with E-state index >= 15 is 0 Å². The first-order chi connectivity index (χ1) is 13.8. The average Bonchev–Trinajstić information content (AvgIpc) is 3.09. The highest BCUT2D eigenvalue weighted by Gasteiger charge is 2.32. The van der Waals surface area contributed by atoms with Crippen molar-refractivity contribution in [2.75, 3.05) is 5.32 Å². The minimum Gasteiger partial charge on any atom is -0.486 e. The smallest absolute Gasteiger partial charge is 0.486 e. The van der Waals surface area contributed by atoms with Crippen LogP contribution >= 0.6 is 11.3 Å². The van der Waals surface area contributed by atoms with E-state index < -0.39 is 18.0 Å². The lowest BCUT2D eigenvalue weighted by molar-refractivity contribution is -0.274. The maximum atomic E-state index is 12.9. The van der Waals surface area contributed by atoms with Crippen LogP contribution in [0.15, 0.2) is 53.9 Å². The van der Waals surface area contributed by atoms with Gasteiger partial charge in [0.2, 0.25) is 5.91 Å². The number of alkyl halides is 3. The van der Waals surface area contributed by atoms with Gasteiger partial charge in [0.05, 0.1) is 17.8 Å². The molecule has 1 amide bonds. The Bertz CT molecular complexity index is 974. The summed E-state index contributed by atoms with van der Waals surface area (Å²) in [6, 6.07) is 10.8. The van der Waals surface area contributed by atoms with E-state index in [0.29, 0.717) is 16.5 Å². The van der Waals surface area contributed by atoms with Gasteiger partial charge in [-0.3, -0.25) is 4.79 Å². The number of carbonyl (C=O) groups is 1. The molecule has 0 aliphatic carbocycles. The fourth-order valence-electron chi connectivity index (χ4n) is 2.31. The molecule has 1 heterocycles. The molecular formula is C19H14F4N2O3S. The number of carbonyl (C=O) groups excluding carboxylic acids is 1. The lowest BCUT2D eigenvalue weighted by Gasteiger charge is -2.13. The first-order valence-electron chi connectivity index (χ1n) is 8.25. The maximum Gasteiger partial charge on any atom is 0.573 e. The summed E-state index contributed by atoms with van der Waals surface area (Å²) in [5.41, 5.74) is 0.351. The van der Waals surface area contributed by atoms with Crippen LogP contribution in [0.3, 0.4) is 0 Å². The normalized spacial score (nSPS) is 11.2. The van der Waals surface area contributed by atoms with Crippen LogP contribution in [0, 0.1) is 5.82 Å². The number of para-hydroxylation sites is 2. The molecule has 0 aliphatic heterocycles. The van der Waals surface area contributed by atoms with Crippen molar-refractivity contribution in [3.05, 3.63) is 70.4 Å². The topological polar surface area (TPSA) is 60.5 Å². The molecule has 0 aliphatic rings. The van der Waals surface area contributed by atoms with Crippen molar-refractivity contribution in [2.45, 2.75) is 19.4 Å². The third kappa shape index (κ3) is 6.46. The van der Waals surface area contributed by atoms with Crippen LogP contribution in [-0.4, -0.2) is 17.3 Å². The van der Waals surface area contributed by atoms with Crippen molar-refractivity contribution in [3.63, 3.8) is 0 Å². The lowest BCUT2D eigenvalue weighted by Crippen LogP contribution is -2.20. The monoisotopic (exact) mass is 426 g/mol. The van der Waals surface area contributed by atoms with Crippen LogP contribution in [0.2, 0.25) is 0 Å². The highest BCUT2D eigenvalue weighted by molar-refractivity contribution is 7.09. The molecule has 1 aromatic heterocycles. The van der Waals surface area contributed by atoms with Gasteiger partial charge in [0.15, 0.2) is 5.75 Å². The molecule has 1 N–H and O–H groups in total. The lowest BCUT2D eigenvalue weighted by atomic mass is 10.2. The quantitative estimate of drug-likeness (QED) is 0.544. The average molecular weight is 426 g/mol. The van der Waals surface area contributed by atoms with Gasteiger partial charge in [-0.25, -0.2) is 9.37 Å². The molecule has 29 heavy (non-hydrogen) atoms. The molecule has 3 rings (SSSR count). The summed E-state index contributed by atoms with van der Waals surface area (Å²) in [5, 5.41) is 4.64. The zero-order valence-electron chi connectivity index (χ0n) is 14.7. The first kappa shape index (κ1) is 20.6. The number of ether oxygens (including phenoxy) is 2. The number of anilines is 1. The van der Waals surface area contributed by atoms with E-state index in [4.69, 9.17) is 4.74 Å². The fourth-order valence-corrected chi connectivity index (χ4v) is 3.02. The third-order valence-electron chi connectivity index (χ3n) is 3.50. The van der Waals surface area contributed by atoms with E-state index in [-0.39, 0.29) is 24.5 Å². The maximum absolute atomic E-state index is 12.9. The van der Waals surface area contributed by atoms with Gasteiger partial charge in [-0.15, -0.1) is 24.5 Å². The van der Waals surface area contributed by atoms with Crippen LogP contribution in [0.4, 0.5) is 23.2 Å². The number of nitrogens with one attached hydrogen (secondary N) is 1. The molecule has 0 unspecified atom stereocenters. The van der Waals surface area contributed by atoms with Crippen molar-refractivity contribution in [1.82, 2.24) is 4.98 Å². The number of thiazole rings is 1. The molecular weight excluding hydrogens is 412 g/mol. The summed E-state index contributed by atoms with van der Waals surface area (Å²) in [6.07, 6.45) is -5.00. The van der Waals surface area contributed by atoms with Gasteiger partial charge in [-0.1, -0.05) is 12.1 Å². The second-order valence-corrected chi connectivity index (χ2v) is 6.69. The molecule has 10 heteroatoms. The molecule has 0 saturated carbocycles. The van der Waals surface area contributed by atoms with Gasteiger partial charge in [0.25, 0.3) is 0 Å². The molecule has 0 fully saturated rings. The number of hydrogen-bond acceptors (Lipinski definition) is 5. The Morgan fingerprint density at radius 3 is 2.55 bits per heavy atom. The molecule has 0 radical (unpaired) electrons. The standard InChI is InChI=1S/C19H14F4N2O3S/c20-12-5-7-14(8-6-12)27-10-18-24-13(11-29-18)9-17(26)25-15-3-1-2-4-16(15)28-19(21,22)23/h1-8,11H,9-10H2,(H,25,26). The number of amides is 1. The van der Waals surface area contributed by atoms with Crippen molar-refractivity contribution in [1.29, 1.82) is 0 Å². The number of aromatic nitrogens is 1. The van der Waals surface area contributed by atoms with Crippen LogP contribution in [0.1, 0.15) is 10.7 Å². The van der Waals surface area contributed by atoms with Crippen molar-refractivity contribution in [3.8, 4) is 11.5 Å². The van der Waals surface area contributed by atoms with Crippen molar-refractivity contribution >= 4 is 22.9 Å². The predicted octanol–water partition coefficient (Wildman–Crippen LogP) is 4.94. The zero-order chi connectivity index (χ0) is 20.9. The zero-order valence-corrected chi connectivity index (χ0v) is 15.5. The Morgan fingerprint density at radius 2 is 1.83 bits per heavy atom. The first-order valence-corrected chi connectivity index (χ1v) is 9.13. The Hall–Kier alpha value is -3.14. The Kier molecular flexibility index (Phi) is 6.32. The van der Waals surface area contributed by atoms with Gasteiger partial charge < -0.3 is 14.8 Å². The summed E-state index contributed by atoms with van der Waals surface area (Å²) in [4.78, 5) is 16.4. The fraction of sp³-hybridized carbons (Fsp3) is 0.158. The van der Waals surface area contributed by atoms with E-state index in [1.807, 2.05) is 0 Å². The van der Waals surface area contributed by atoms with Crippen LogP contribution in [0.5, 0.6) is 11.5 Å². The molecule has 2 aromatic carbocycles. The number of rotatable bonds is 7. The molecule has 0 spiro atoms. The number of halogens is 4. The van der Waals surface area contributed by atoms with Crippen LogP contribution < -0.4 is 14.8 Å². The van der Waals surface area contributed by atoms with Crippen LogP contribution in [0.25, 0.3) is 0 Å². The molecule has 3 aromatic rings. The number of benzene rings is 2. The largest absolute Gasteiger partial charge is 0.573 e. The van der Waals surface area contributed by atoms with Gasteiger partial charge in [-0.05, 0) is 36.4 Å². The Labute approximate surface area is 166 Å². The number of nitrogens with zero attached hydrogens (tertiary/aromatic N) is 1. The summed E-state index contributed by atoms with van der Waals surface area (Å²) in [6.45, 7) is 0.139. The minimum absolute atomic E-state index is 0.0927. The van der Waals surface area contributed by atoms with E-state index in [1.54, 1.807) is 5.38 Å². The van der Waals surface area contributed by atoms with Crippen LogP contribution in [-0.2, 0) is 17.8 Å². The van der Waals surface area contributed by atoms with Crippen molar-refractivity contribution in [2.24, 2.45) is 0 Å². The molecule has 0 bridgehead atoms. The third-order valence-corrected chi connectivity index (χ3v) is 4.37. The second kappa shape index (κ2) is 8.91. The minimum atomic E-state index is -4.87. The summed E-state index contributed by atoms with van der Waals surface area (Å²) in [5.74, 6) is -0.941. The van der Waals surface area contributed by atoms with Crippen molar-refractivity contribution < 1.29 is 31.8 Å². The van der Waals surface area contributed by atoms with E-state index in [9.17, 15) is 22.4 Å².